The van der Waals surface area contributed by atoms with E-state index in [2.05, 4.69) is 10.3 Å². The summed E-state index contributed by atoms with van der Waals surface area (Å²) in [6.07, 6.45) is 2.13. The highest BCUT2D eigenvalue weighted by atomic mass is 35.5. The first-order chi connectivity index (χ1) is 16.9. The number of aryl methyl sites for hydroxylation is 1. The molecule has 0 unspecified atom stereocenters. The average Bonchev–Trinajstić information content (AvgIpc) is 3.28. The molecule has 4 rings (SSSR count). The molecule has 0 aliphatic heterocycles. The lowest BCUT2D eigenvalue weighted by molar-refractivity contribution is 0.00585. The monoisotopic (exact) mass is 497 g/mol. The summed E-state index contributed by atoms with van der Waals surface area (Å²) in [6, 6.07) is 19.0. The number of ether oxygens (including phenoxy) is 1. The Labute approximate surface area is 208 Å². The SMILES string of the molecule is Cn1ccnc1[C@@H](NC[C@H](O)COC(c1ccc(F)cc1)c1ccc(F)cc1)c1ccc(Cl)cc1. The van der Waals surface area contributed by atoms with Crippen LogP contribution in [0.3, 0.4) is 0 Å². The van der Waals surface area contributed by atoms with Gasteiger partial charge in [-0.25, -0.2) is 13.8 Å². The molecule has 8 heteroatoms. The van der Waals surface area contributed by atoms with Crippen molar-refractivity contribution in [1.29, 1.82) is 0 Å². The molecule has 2 atom stereocenters. The van der Waals surface area contributed by atoms with Gasteiger partial charge in [0, 0.05) is 31.0 Å². The summed E-state index contributed by atoms with van der Waals surface area (Å²) >= 11 is 6.05. The zero-order chi connectivity index (χ0) is 24.8. The number of aromatic nitrogens is 2. The van der Waals surface area contributed by atoms with Gasteiger partial charge in [-0.1, -0.05) is 48.0 Å². The Morgan fingerprint density at radius 2 is 1.46 bits per heavy atom. The molecule has 0 spiro atoms. The molecule has 3 aromatic carbocycles. The number of nitrogens with one attached hydrogen (secondary N) is 1. The largest absolute Gasteiger partial charge is 0.389 e. The number of nitrogens with zero attached hydrogens (tertiary/aromatic N) is 2. The van der Waals surface area contributed by atoms with Crippen LogP contribution in [-0.4, -0.2) is 33.9 Å². The Bertz CT molecular complexity index is 1170. The molecule has 5 nitrogen and oxygen atoms in total. The molecule has 0 radical (unpaired) electrons. The summed E-state index contributed by atoms with van der Waals surface area (Å²) in [5.74, 6) is 0.0627. The zero-order valence-electron chi connectivity index (χ0n) is 19.1. The first-order valence-corrected chi connectivity index (χ1v) is 11.5. The van der Waals surface area contributed by atoms with Crippen molar-refractivity contribution in [1.82, 2.24) is 14.9 Å². The van der Waals surface area contributed by atoms with Crippen molar-refractivity contribution < 1.29 is 18.6 Å². The predicted molar refractivity (Wildman–Crippen MR) is 131 cm³/mol. The van der Waals surface area contributed by atoms with Crippen molar-refractivity contribution in [3.63, 3.8) is 0 Å². The number of halogens is 3. The van der Waals surface area contributed by atoms with Crippen LogP contribution in [0.1, 0.15) is 34.7 Å². The van der Waals surface area contributed by atoms with Crippen molar-refractivity contribution in [2.75, 3.05) is 13.2 Å². The molecule has 0 saturated heterocycles. The summed E-state index contributed by atoms with van der Waals surface area (Å²) in [4.78, 5) is 4.45. The molecule has 0 saturated carbocycles. The molecule has 182 valence electrons. The number of aliphatic hydroxyl groups is 1. The normalized spacial score (nSPS) is 13.2. The second-order valence-corrected chi connectivity index (χ2v) is 8.70. The highest BCUT2D eigenvalue weighted by molar-refractivity contribution is 6.30. The Morgan fingerprint density at radius 3 is 1.97 bits per heavy atom. The average molecular weight is 498 g/mol. The predicted octanol–water partition coefficient (Wildman–Crippen LogP) is 5.20. The van der Waals surface area contributed by atoms with Crippen LogP contribution in [-0.2, 0) is 11.8 Å². The molecular weight excluding hydrogens is 472 g/mol. The summed E-state index contributed by atoms with van der Waals surface area (Å²) in [6.45, 7) is 0.222. The fourth-order valence-electron chi connectivity index (χ4n) is 3.85. The number of benzene rings is 3. The van der Waals surface area contributed by atoms with Crippen LogP contribution >= 0.6 is 11.6 Å². The molecule has 1 heterocycles. The third kappa shape index (κ3) is 6.52. The third-order valence-corrected chi connectivity index (χ3v) is 5.93. The van der Waals surface area contributed by atoms with E-state index in [9.17, 15) is 13.9 Å². The zero-order valence-corrected chi connectivity index (χ0v) is 19.9. The molecule has 0 aliphatic rings. The van der Waals surface area contributed by atoms with Gasteiger partial charge in [-0.3, -0.25) is 0 Å². The quantitative estimate of drug-likeness (QED) is 0.316. The van der Waals surface area contributed by atoms with Gasteiger partial charge >= 0.3 is 0 Å². The lowest BCUT2D eigenvalue weighted by atomic mass is 10.0. The van der Waals surface area contributed by atoms with Crippen LogP contribution in [0.2, 0.25) is 5.02 Å². The molecule has 0 aliphatic carbocycles. The van der Waals surface area contributed by atoms with E-state index in [1.54, 1.807) is 30.5 Å². The fraction of sp³-hybridized carbons (Fsp3) is 0.222. The molecule has 35 heavy (non-hydrogen) atoms. The highest BCUT2D eigenvalue weighted by Gasteiger charge is 2.21. The van der Waals surface area contributed by atoms with E-state index in [0.717, 1.165) is 11.4 Å². The van der Waals surface area contributed by atoms with Crippen LogP contribution in [0.15, 0.2) is 85.2 Å². The Kier molecular flexibility index (Phi) is 8.25. The van der Waals surface area contributed by atoms with Crippen molar-refractivity contribution in [3.8, 4) is 0 Å². The van der Waals surface area contributed by atoms with E-state index in [0.29, 0.717) is 16.1 Å². The number of imidazole rings is 1. The smallest absolute Gasteiger partial charge is 0.130 e. The number of hydrogen-bond acceptors (Lipinski definition) is 4. The second-order valence-electron chi connectivity index (χ2n) is 8.26. The van der Waals surface area contributed by atoms with E-state index < -0.39 is 12.2 Å². The second kappa shape index (κ2) is 11.6. The van der Waals surface area contributed by atoms with Crippen LogP contribution in [0.4, 0.5) is 8.78 Å². The van der Waals surface area contributed by atoms with Gasteiger partial charge in [0.05, 0.1) is 18.8 Å². The van der Waals surface area contributed by atoms with Gasteiger partial charge in [0.25, 0.3) is 0 Å². The van der Waals surface area contributed by atoms with Crippen molar-refractivity contribution in [2.24, 2.45) is 7.05 Å². The minimum atomic E-state index is -0.853. The number of hydrogen-bond donors (Lipinski definition) is 2. The lowest BCUT2D eigenvalue weighted by Gasteiger charge is -2.24. The maximum Gasteiger partial charge on any atom is 0.130 e. The Hall–Kier alpha value is -3.10. The third-order valence-electron chi connectivity index (χ3n) is 5.68. The van der Waals surface area contributed by atoms with Gasteiger partial charge in [-0.15, -0.1) is 0 Å². The number of rotatable bonds is 10. The van der Waals surface area contributed by atoms with Crippen molar-refractivity contribution in [2.45, 2.75) is 18.2 Å². The summed E-state index contributed by atoms with van der Waals surface area (Å²) in [7, 11) is 1.91. The topological polar surface area (TPSA) is 59.3 Å². The summed E-state index contributed by atoms with van der Waals surface area (Å²) in [5, 5.41) is 14.7. The van der Waals surface area contributed by atoms with Gasteiger partial charge in [-0.2, -0.15) is 0 Å². The molecule has 0 amide bonds. The minimum Gasteiger partial charge on any atom is -0.389 e. The van der Waals surface area contributed by atoms with E-state index in [-0.39, 0.29) is 30.8 Å². The first kappa shape index (κ1) is 25.0. The molecular formula is C27H26ClF2N3O2. The maximum atomic E-state index is 13.4. The van der Waals surface area contributed by atoms with E-state index in [1.807, 2.05) is 42.1 Å². The van der Waals surface area contributed by atoms with E-state index >= 15 is 0 Å². The lowest BCUT2D eigenvalue weighted by Crippen LogP contribution is -2.35. The minimum absolute atomic E-state index is 0.000320. The fourth-order valence-corrected chi connectivity index (χ4v) is 3.97. The summed E-state index contributed by atoms with van der Waals surface area (Å²) in [5.41, 5.74) is 2.35. The van der Waals surface area contributed by atoms with Crippen molar-refractivity contribution >= 4 is 11.6 Å². The van der Waals surface area contributed by atoms with Gasteiger partial charge < -0.3 is 19.7 Å². The van der Waals surface area contributed by atoms with Crippen LogP contribution in [0, 0.1) is 11.6 Å². The highest BCUT2D eigenvalue weighted by Crippen LogP contribution is 2.27. The number of aliphatic hydroxyl groups excluding tert-OH is 1. The maximum absolute atomic E-state index is 13.4. The van der Waals surface area contributed by atoms with Gasteiger partial charge in [0.1, 0.15) is 23.6 Å². The van der Waals surface area contributed by atoms with Crippen LogP contribution in [0.25, 0.3) is 0 Å². The van der Waals surface area contributed by atoms with Gasteiger partial charge in [0.2, 0.25) is 0 Å². The van der Waals surface area contributed by atoms with Crippen LogP contribution in [0.5, 0.6) is 0 Å². The standard InChI is InChI=1S/C27H26ClF2N3O2/c1-33-15-14-31-27(33)25(18-2-8-21(28)9-3-18)32-16-24(34)17-35-26(19-4-10-22(29)11-5-19)20-6-12-23(30)13-7-20/h2-15,24-26,32,34H,16-17H2,1H3/t24-,25-/m0/s1. The molecule has 1 aromatic heterocycles. The first-order valence-electron chi connectivity index (χ1n) is 11.2. The van der Waals surface area contributed by atoms with Crippen LogP contribution < -0.4 is 5.32 Å². The van der Waals surface area contributed by atoms with E-state index in [1.165, 1.54) is 24.3 Å². The van der Waals surface area contributed by atoms with E-state index in [4.69, 9.17) is 16.3 Å². The van der Waals surface area contributed by atoms with Gasteiger partial charge in [-0.05, 0) is 53.1 Å². The summed E-state index contributed by atoms with van der Waals surface area (Å²) < 4.78 is 34.9. The molecule has 4 aromatic rings. The Morgan fingerprint density at radius 1 is 0.914 bits per heavy atom. The molecule has 0 bridgehead atoms. The van der Waals surface area contributed by atoms with Crippen molar-refractivity contribution in [3.05, 3.63) is 124 Å². The molecule has 0 fully saturated rings. The van der Waals surface area contributed by atoms with Gasteiger partial charge in [0.15, 0.2) is 0 Å². The molecule has 2 N–H and O–H groups in total. The Balaban J connectivity index is 1.45.